The molecule has 0 fully saturated rings. The molecular weight excluding hydrogens is 484 g/mol. The van der Waals surface area contributed by atoms with Crippen LogP contribution in [0.3, 0.4) is 0 Å². The van der Waals surface area contributed by atoms with Gasteiger partial charge in [-0.15, -0.1) is 0 Å². The summed E-state index contributed by atoms with van der Waals surface area (Å²) >= 11 is 3.67. The monoisotopic (exact) mass is 516 g/mol. The molecule has 0 atom stereocenters. The van der Waals surface area contributed by atoms with Gasteiger partial charge in [-0.05, 0) is 56.9 Å². The molecule has 0 saturated carbocycles. The molecule has 0 radical (unpaired) electrons. The minimum atomic E-state index is -0.217. The lowest BCUT2D eigenvalue weighted by Crippen LogP contribution is -2.17. The van der Waals surface area contributed by atoms with E-state index in [4.69, 9.17) is 4.98 Å². The van der Waals surface area contributed by atoms with Gasteiger partial charge in [0, 0.05) is 11.1 Å². The summed E-state index contributed by atoms with van der Waals surface area (Å²) in [6, 6.07) is 23.0. The second-order valence-electron chi connectivity index (χ2n) is 11.0. The summed E-state index contributed by atoms with van der Waals surface area (Å²) < 4.78 is 2.92. The second kappa shape index (κ2) is 8.74. The van der Waals surface area contributed by atoms with E-state index in [2.05, 4.69) is 124 Å². The summed E-state index contributed by atoms with van der Waals surface area (Å²) in [5.41, 5.74) is 6.80. The van der Waals surface area contributed by atoms with Gasteiger partial charge in [-0.3, -0.25) is 4.57 Å². The van der Waals surface area contributed by atoms with E-state index in [1.165, 1.54) is 5.56 Å². The molecule has 0 saturated heterocycles. The average Bonchev–Trinajstić information content (AvgIpc) is 3.07. The summed E-state index contributed by atoms with van der Waals surface area (Å²) in [5.74, 6) is 1.01. The van der Waals surface area contributed by atoms with Gasteiger partial charge in [-0.1, -0.05) is 96.1 Å². The number of aromatic nitrogens is 2. The van der Waals surface area contributed by atoms with Crippen LogP contribution in [-0.2, 0) is 10.8 Å². The number of rotatable bonds is 3. The molecular formula is C30H33BrN2O. The van der Waals surface area contributed by atoms with Gasteiger partial charge in [0.05, 0.1) is 16.9 Å². The van der Waals surface area contributed by atoms with E-state index in [-0.39, 0.29) is 16.6 Å². The minimum Gasteiger partial charge on any atom is -0.507 e. The SMILES string of the molecule is Cc1c(Br)nc(-c2cc(C(C)(C)C)cc(C(C)(C)C)c2O)n1-c1ccccc1-c1ccccc1. The van der Waals surface area contributed by atoms with E-state index in [0.29, 0.717) is 0 Å². The molecule has 176 valence electrons. The van der Waals surface area contributed by atoms with Crippen LogP contribution < -0.4 is 0 Å². The number of hydrogen-bond donors (Lipinski definition) is 1. The Morgan fingerprint density at radius 1 is 0.794 bits per heavy atom. The molecule has 0 amide bonds. The van der Waals surface area contributed by atoms with Crippen molar-refractivity contribution in [2.75, 3.05) is 0 Å². The summed E-state index contributed by atoms with van der Waals surface area (Å²) in [6.07, 6.45) is 0. The number of phenolic OH excluding ortho intramolecular Hbond substituents is 1. The van der Waals surface area contributed by atoms with Gasteiger partial charge in [-0.2, -0.15) is 0 Å². The van der Waals surface area contributed by atoms with Crippen molar-refractivity contribution in [3.63, 3.8) is 0 Å². The normalized spacial score (nSPS) is 12.2. The molecule has 4 heteroatoms. The highest BCUT2D eigenvalue weighted by Gasteiger charge is 2.28. The highest BCUT2D eigenvalue weighted by molar-refractivity contribution is 9.10. The van der Waals surface area contributed by atoms with Crippen LogP contribution in [-0.4, -0.2) is 14.7 Å². The zero-order chi connectivity index (χ0) is 24.8. The summed E-state index contributed by atoms with van der Waals surface area (Å²) in [6.45, 7) is 15.1. The highest BCUT2D eigenvalue weighted by Crippen LogP contribution is 2.44. The van der Waals surface area contributed by atoms with E-state index in [1.807, 2.05) is 12.1 Å². The number of nitrogens with zero attached hydrogens (tertiary/aromatic N) is 2. The van der Waals surface area contributed by atoms with Gasteiger partial charge in [0.1, 0.15) is 16.2 Å². The maximum atomic E-state index is 11.6. The lowest BCUT2D eigenvalue weighted by atomic mass is 9.79. The maximum Gasteiger partial charge on any atom is 0.149 e. The lowest BCUT2D eigenvalue weighted by Gasteiger charge is -2.27. The van der Waals surface area contributed by atoms with Gasteiger partial charge in [-0.25, -0.2) is 4.98 Å². The lowest BCUT2D eigenvalue weighted by molar-refractivity contribution is 0.446. The Morgan fingerprint density at radius 3 is 2.03 bits per heavy atom. The molecule has 0 aliphatic rings. The maximum absolute atomic E-state index is 11.6. The van der Waals surface area contributed by atoms with Crippen molar-refractivity contribution in [1.82, 2.24) is 9.55 Å². The second-order valence-corrected chi connectivity index (χ2v) is 11.7. The molecule has 0 bridgehead atoms. The van der Waals surface area contributed by atoms with Gasteiger partial charge < -0.3 is 5.11 Å². The van der Waals surface area contributed by atoms with Crippen LogP contribution >= 0.6 is 15.9 Å². The van der Waals surface area contributed by atoms with E-state index < -0.39 is 0 Å². The third-order valence-corrected chi connectivity index (χ3v) is 7.06. The van der Waals surface area contributed by atoms with Crippen molar-refractivity contribution in [1.29, 1.82) is 0 Å². The fourth-order valence-corrected chi connectivity index (χ4v) is 4.64. The summed E-state index contributed by atoms with van der Waals surface area (Å²) in [5, 5.41) is 11.6. The van der Waals surface area contributed by atoms with Crippen molar-refractivity contribution < 1.29 is 5.11 Å². The number of halogens is 1. The van der Waals surface area contributed by atoms with Crippen LogP contribution in [0.1, 0.15) is 58.4 Å². The van der Waals surface area contributed by atoms with Crippen LogP contribution in [0.4, 0.5) is 0 Å². The van der Waals surface area contributed by atoms with Crippen LogP contribution in [0, 0.1) is 6.92 Å². The average molecular weight is 518 g/mol. The van der Waals surface area contributed by atoms with E-state index in [9.17, 15) is 5.11 Å². The Kier molecular flexibility index (Phi) is 6.24. The van der Waals surface area contributed by atoms with Crippen molar-refractivity contribution >= 4 is 15.9 Å². The smallest absolute Gasteiger partial charge is 0.149 e. The first-order valence-electron chi connectivity index (χ1n) is 11.7. The van der Waals surface area contributed by atoms with Gasteiger partial charge in [0.15, 0.2) is 0 Å². The first kappa shape index (κ1) is 24.3. The van der Waals surface area contributed by atoms with E-state index >= 15 is 0 Å². The van der Waals surface area contributed by atoms with Crippen LogP contribution in [0.5, 0.6) is 5.75 Å². The van der Waals surface area contributed by atoms with Crippen molar-refractivity contribution in [2.45, 2.75) is 59.3 Å². The third kappa shape index (κ3) is 4.44. The van der Waals surface area contributed by atoms with Gasteiger partial charge in [0.25, 0.3) is 0 Å². The summed E-state index contributed by atoms with van der Waals surface area (Å²) in [7, 11) is 0. The Balaban J connectivity index is 2.06. The number of aromatic hydroxyl groups is 1. The molecule has 0 aliphatic heterocycles. The quantitative estimate of drug-likeness (QED) is 0.296. The predicted octanol–water partition coefficient (Wildman–Crippen LogP) is 8.58. The van der Waals surface area contributed by atoms with Crippen molar-refractivity contribution in [2.24, 2.45) is 0 Å². The Hall–Kier alpha value is -2.85. The Bertz CT molecular complexity index is 1340. The molecule has 0 spiro atoms. The number of benzene rings is 3. The number of imidazole rings is 1. The van der Waals surface area contributed by atoms with E-state index in [0.717, 1.165) is 44.1 Å². The van der Waals surface area contributed by atoms with Crippen molar-refractivity contribution in [3.8, 4) is 34.0 Å². The van der Waals surface area contributed by atoms with Crippen LogP contribution in [0.25, 0.3) is 28.2 Å². The zero-order valence-corrected chi connectivity index (χ0v) is 22.7. The topological polar surface area (TPSA) is 38.1 Å². The fraction of sp³-hybridized carbons (Fsp3) is 0.300. The molecule has 1 N–H and O–H groups in total. The standard InChI is InChI=1S/C30H33BrN2O/c1-19-27(31)32-28(23-17-21(29(2,3)4)18-24(26(23)34)30(5,6)7)33(19)25-16-12-11-15-22(25)20-13-9-8-10-14-20/h8-18,34H,1-7H3. The number of para-hydroxylation sites is 1. The number of hydrogen-bond acceptors (Lipinski definition) is 2. The predicted molar refractivity (Wildman–Crippen MR) is 146 cm³/mol. The molecule has 34 heavy (non-hydrogen) atoms. The van der Waals surface area contributed by atoms with Crippen LogP contribution in [0.2, 0.25) is 0 Å². The molecule has 0 aliphatic carbocycles. The van der Waals surface area contributed by atoms with E-state index in [1.54, 1.807) is 0 Å². The molecule has 3 nitrogen and oxygen atoms in total. The first-order chi connectivity index (χ1) is 15.9. The highest BCUT2D eigenvalue weighted by atomic mass is 79.9. The number of phenols is 1. The molecule has 1 heterocycles. The Morgan fingerprint density at radius 2 is 1.41 bits per heavy atom. The molecule has 4 aromatic rings. The minimum absolute atomic E-state index is 0.0753. The molecule has 1 aromatic heterocycles. The van der Waals surface area contributed by atoms with Gasteiger partial charge in [0.2, 0.25) is 0 Å². The Labute approximate surface area is 211 Å². The third-order valence-electron chi connectivity index (χ3n) is 6.30. The largest absolute Gasteiger partial charge is 0.507 e. The van der Waals surface area contributed by atoms with Crippen LogP contribution in [0.15, 0.2) is 71.3 Å². The zero-order valence-electron chi connectivity index (χ0n) is 21.1. The van der Waals surface area contributed by atoms with Gasteiger partial charge >= 0.3 is 0 Å². The summed E-state index contributed by atoms with van der Waals surface area (Å²) in [4.78, 5) is 4.92. The molecule has 3 aromatic carbocycles. The molecule has 4 rings (SSSR count). The molecule has 0 unspecified atom stereocenters. The first-order valence-corrected chi connectivity index (χ1v) is 12.5. The van der Waals surface area contributed by atoms with Crippen molar-refractivity contribution in [3.05, 3.63) is 88.2 Å². The fourth-order valence-electron chi connectivity index (χ4n) is 4.29.